The monoisotopic (exact) mass is 414 g/mol. The number of fused-ring (bicyclic) bond motifs is 2. The molecule has 1 aliphatic heterocycles. The second-order valence-corrected chi connectivity index (χ2v) is 7.44. The Hall–Kier alpha value is -3.78. The van der Waals surface area contributed by atoms with Gasteiger partial charge in [-0.05, 0) is 30.5 Å². The quantitative estimate of drug-likeness (QED) is 0.520. The first kappa shape index (κ1) is 19.2. The van der Waals surface area contributed by atoms with Gasteiger partial charge in [-0.1, -0.05) is 30.3 Å². The molecule has 4 aromatic rings. The first-order valence-corrected chi connectivity index (χ1v) is 10.2. The average Bonchev–Trinajstić information content (AvgIpc) is 3.08. The number of primary amides is 1. The minimum Gasteiger partial charge on any atom is -0.377 e. The van der Waals surface area contributed by atoms with E-state index < -0.39 is 5.91 Å². The molecule has 3 aromatic heterocycles. The molecular formula is C23H22N6O2. The first-order valence-electron chi connectivity index (χ1n) is 10.2. The van der Waals surface area contributed by atoms with Gasteiger partial charge < -0.3 is 15.8 Å². The number of aryl methyl sites for hydroxylation is 1. The smallest absolute Gasteiger partial charge is 0.250 e. The maximum absolute atomic E-state index is 11.8. The Morgan fingerprint density at radius 2 is 2.03 bits per heavy atom. The van der Waals surface area contributed by atoms with Crippen LogP contribution in [-0.2, 0) is 24.3 Å². The Morgan fingerprint density at radius 3 is 2.87 bits per heavy atom. The van der Waals surface area contributed by atoms with E-state index in [0.29, 0.717) is 42.5 Å². The van der Waals surface area contributed by atoms with Crippen LogP contribution in [0, 0.1) is 0 Å². The van der Waals surface area contributed by atoms with E-state index in [1.807, 2.05) is 24.4 Å². The van der Waals surface area contributed by atoms with Crippen LogP contribution in [0.25, 0.3) is 17.2 Å². The third kappa shape index (κ3) is 3.73. The number of amides is 1. The summed E-state index contributed by atoms with van der Waals surface area (Å²) in [5.74, 6) is 1.31. The maximum Gasteiger partial charge on any atom is 0.250 e. The molecule has 0 saturated heterocycles. The Kier molecular flexibility index (Phi) is 5.05. The molecule has 1 aromatic carbocycles. The SMILES string of the molecule is NC(=O)c1cccn2c(-c3nc4c(c(NCc5ccccc5)n3)COCCC4)ncc12. The zero-order valence-electron chi connectivity index (χ0n) is 16.9. The van der Waals surface area contributed by atoms with Gasteiger partial charge in [-0.15, -0.1) is 0 Å². The maximum atomic E-state index is 11.8. The Labute approximate surface area is 179 Å². The molecule has 4 heterocycles. The zero-order chi connectivity index (χ0) is 21.2. The van der Waals surface area contributed by atoms with Crippen molar-refractivity contribution >= 4 is 17.2 Å². The number of anilines is 1. The summed E-state index contributed by atoms with van der Waals surface area (Å²) in [6, 6.07) is 13.6. The molecule has 0 radical (unpaired) electrons. The molecule has 0 saturated carbocycles. The molecule has 5 rings (SSSR count). The van der Waals surface area contributed by atoms with Gasteiger partial charge in [-0.2, -0.15) is 0 Å². The lowest BCUT2D eigenvalue weighted by atomic mass is 10.1. The van der Waals surface area contributed by atoms with Gasteiger partial charge in [0.2, 0.25) is 0 Å². The van der Waals surface area contributed by atoms with Gasteiger partial charge in [0, 0.05) is 24.9 Å². The highest BCUT2D eigenvalue weighted by Crippen LogP contribution is 2.27. The summed E-state index contributed by atoms with van der Waals surface area (Å²) in [7, 11) is 0. The van der Waals surface area contributed by atoms with E-state index >= 15 is 0 Å². The van der Waals surface area contributed by atoms with Crippen LogP contribution in [0.4, 0.5) is 5.82 Å². The molecular weight excluding hydrogens is 392 g/mol. The standard InChI is InChI=1S/C23H22N6O2/c24-20(30)16-8-4-10-29-19(16)13-26-23(29)22-27-18-9-5-11-31-14-17(18)21(28-22)25-12-15-6-2-1-3-7-15/h1-4,6-8,10,13H,5,9,11-12,14H2,(H2,24,30)(H,25,27,28). The normalized spacial score (nSPS) is 13.5. The molecule has 8 nitrogen and oxygen atoms in total. The summed E-state index contributed by atoms with van der Waals surface area (Å²) in [4.78, 5) is 25.9. The minimum absolute atomic E-state index is 0.409. The molecule has 8 heteroatoms. The van der Waals surface area contributed by atoms with E-state index in [2.05, 4.69) is 22.4 Å². The van der Waals surface area contributed by atoms with Crippen LogP contribution in [0.15, 0.2) is 54.9 Å². The van der Waals surface area contributed by atoms with E-state index in [9.17, 15) is 4.79 Å². The number of hydrogen-bond donors (Lipinski definition) is 2. The highest BCUT2D eigenvalue weighted by atomic mass is 16.5. The van der Waals surface area contributed by atoms with Gasteiger partial charge in [-0.3, -0.25) is 9.20 Å². The molecule has 0 spiro atoms. The molecule has 156 valence electrons. The van der Waals surface area contributed by atoms with Crippen molar-refractivity contribution in [2.75, 3.05) is 11.9 Å². The van der Waals surface area contributed by atoms with Crippen LogP contribution in [0.2, 0.25) is 0 Å². The number of nitrogens with two attached hydrogens (primary N) is 1. The van der Waals surface area contributed by atoms with Gasteiger partial charge in [0.1, 0.15) is 5.82 Å². The largest absolute Gasteiger partial charge is 0.377 e. The lowest BCUT2D eigenvalue weighted by Gasteiger charge is -2.14. The van der Waals surface area contributed by atoms with Gasteiger partial charge >= 0.3 is 0 Å². The predicted octanol–water partition coefficient (Wildman–Crippen LogP) is 2.97. The predicted molar refractivity (Wildman–Crippen MR) is 116 cm³/mol. The molecule has 0 atom stereocenters. The fourth-order valence-electron chi connectivity index (χ4n) is 3.83. The third-order valence-corrected chi connectivity index (χ3v) is 5.38. The summed E-state index contributed by atoms with van der Waals surface area (Å²) in [5.41, 5.74) is 9.66. The Morgan fingerprint density at radius 1 is 1.16 bits per heavy atom. The molecule has 0 fully saturated rings. The summed E-state index contributed by atoms with van der Waals surface area (Å²) >= 11 is 0. The Bertz CT molecular complexity index is 1250. The molecule has 0 unspecified atom stereocenters. The first-order chi connectivity index (χ1) is 15.2. The second-order valence-electron chi connectivity index (χ2n) is 7.44. The number of carbonyl (C=O) groups is 1. The summed E-state index contributed by atoms with van der Waals surface area (Å²) < 4.78 is 7.57. The van der Waals surface area contributed by atoms with Crippen LogP contribution in [0.1, 0.15) is 33.6 Å². The van der Waals surface area contributed by atoms with Gasteiger partial charge in [-0.25, -0.2) is 15.0 Å². The van der Waals surface area contributed by atoms with Crippen molar-refractivity contribution in [3.05, 3.63) is 77.2 Å². The van der Waals surface area contributed by atoms with Gasteiger partial charge in [0.25, 0.3) is 5.91 Å². The number of aromatic nitrogens is 4. The number of nitrogens with zero attached hydrogens (tertiary/aromatic N) is 4. The van der Waals surface area contributed by atoms with Crippen LogP contribution in [0.5, 0.6) is 0 Å². The average molecular weight is 414 g/mol. The molecule has 0 bridgehead atoms. The van der Waals surface area contributed by atoms with Crippen molar-refractivity contribution in [3.8, 4) is 11.6 Å². The lowest BCUT2D eigenvalue weighted by Crippen LogP contribution is -2.13. The molecule has 31 heavy (non-hydrogen) atoms. The van der Waals surface area contributed by atoms with E-state index in [4.69, 9.17) is 20.4 Å². The van der Waals surface area contributed by atoms with Crippen LogP contribution < -0.4 is 11.1 Å². The topological polar surface area (TPSA) is 107 Å². The van der Waals surface area contributed by atoms with E-state index in [0.717, 1.165) is 35.5 Å². The van der Waals surface area contributed by atoms with Crippen molar-refractivity contribution in [1.29, 1.82) is 0 Å². The summed E-state index contributed by atoms with van der Waals surface area (Å²) in [5, 5.41) is 3.45. The number of carbonyl (C=O) groups excluding carboxylic acids is 1. The van der Waals surface area contributed by atoms with Crippen LogP contribution in [-0.4, -0.2) is 31.9 Å². The van der Waals surface area contributed by atoms with E-state index in [-0.39, 0.29) is 0 Å². The minimum atomic E-state index is -0.498. The third-order valence-electron chi connectivity index (χ3n) is 5.38. The van der Waals surface area contributed by atoms with E-state index in [1.54, 1.807) is 22.7 Å². The van der Waals surface area contributed by atoms with Crippen molar-refractivity contribution in [2.24, 2.45) is 5.73 Å². The number of pyridine rings is 1. The highest BCUT2D eigenvalue weighted by molar-refractivity contribution is 5.99. The molecule has 0 aliphatic carbocycles. The fourth-order valence-corrected chi connectivity index (χ4v) is 3.83. The highest BCUT2D eigenvalue weighted by Gasteiger charge is 2.21. The number of hydrogen-bond acceptors (Lipinski definition) is 6. The Balaban J connectivity index is 1.59. The fraction of sp³-hybridized carbons (Fsp3) is 0.217. The lowest BCUT2D eigenvalue weighted by molar-refractivity contribution is 0.100. The van der Waals surface area contributed by atoms with Crippen LogP contribution >= 0.6 is 0 Å². The van der Waals surface area contributed by atoms with Crippen molar-refractivity contribution in [2.45, 2.75) is 26.0 Å². The molecule has 1 aliphatic rings. The number of rotatable bonds is 5. The second kappa shape index (κ2) is 8.16. The zero-order valence-corrected chi connectivity index (χ0v) is 16.9. The van der Waals surface area contributed by atoms with Crippen molar-refractivity contribution < 1.29 is 9.53 Å². The number of benzene rings is 1. The van der Waals surface area contributed by atoms with Crippen molar-refractivity contribution in [1.82, 2.24) is 19.4 Å². The van der Waals surface area contributed by atoms with Gasteiger partial charge in [0.05, 0.1) is 29.6 Å². The van der Waals surface area contributed by atoms with Crippen molar-refractivity contribution in [3.63, 3.8) is 0 Å². The van der Waals surface area contributed by atoms with Gasteiger partial charge in [0.15, 0.2) is 11.6 Å². The number of ether oxygens (including phenoxy) is 1. The summed E-state index contributed by atoms with van der Waals surface area (Å²) in [6.07, 6.45) is 5.17. The molecule has 1 amide bonds. The number of imidazole rings is 1. The summed E-state index contributed by atoms with van der Waals surface area (Å²) in [6.45, 7) is 1.80. The van der Waals surface area contributed by atoms with Crippen LogP contribution in [0.3, 0.4) is 0 Å². The van der Waals surface area contributed by atoms with E-state index in [1.165, 1.54) is 0 Å². The molecule has 3 N–H and O–H groups in total. The number of nitrogens with one attached hydrogen (secondary N) is 1.